The molecule has 3 aromatic rings. The van der Waals surface area contributed by atoms with Crippen molar-refractivity contribution in [2.24, 2.45) is 0 Å². The van der Waals surface area contributed by atoms with Gasteiger partial charge in [-0.05, 0) is 25.0 Å². The fourth-order valence-corrected chi connectivity index (χ4v) is 2.25. The van der Waals surface area contributed by atoms with Gasteiger partial charge in [-0.3, -0.25) is 4.98 Å². The number of fused-ring (bicyclic) bond motifs is 1. The zero-order valence-corrected chi connectivity index (χ0v) is 12.2. The standard InChI is InChI=1S/C15H18N6/c1-3-4-12-19-14(16)13-15(20-12)21(9-18-13)8-11-6-5-10(2)17-7-11/h5-7,9H,3-4,8H2,1-2H3,(H2,16,19,20). The molecule has 3 heterocycles. The molecule has 0 fully saturated rings. The number of hydrogen-bond donors (Lipinski definition) is 1. The van der Waals surface area contributed by atoms with E-state index in [1.807, 2.05) is 23.8 Å². The van der Waals surface area contributed by atoms with Gasteiger partial charge >= 0.3 is 0 Å². The van der Waals surface area contributed by atoms with Gasteiger partial charge in [0.25, 0.3) is 0 Å². The van der Waals surface area contributed by atoms with E-state index in [1.165, 1.54) is 0 Å². The number of rotatable bonds is 4. The Bertz CT molecular complexity index is 760. The Morgan fingerprint density at radius 1 is 1.19 bits per heavy atom. The molecule has 2 N–H and O–H groups in total. The third-order valence-electron chi connectivity index (χ3n) is 3.34. The molecule has 0 saturated heterocycles. The maximum atomic E-state index is 5.97. The second-order valence-corrected chi connectivity index (χ2v) is 5.13. The van der Waals surface area contributed by atoms with Crippen LogP contribution < -0.4 is 5.73 Å². The summed E-state index contributed by atoms with van der Waals surface area (Å²) in [4.78, 5) is 17.5. The third-order valence-corrected chi connectivity index (χ3v) is 3.34. The first-order valence-corrected chi connectivity index (χ1v) is 7.06. The first-order valence-electron chi connectivity index (χ1n) is 7.06. The molecule has 0 aliphatic carbocycles. The van der Waals surface area contributed by atoms with Crippen molar-refractivity contribution in [3.8, 4) is 0 Å². The second-order valence-electron chi connectivity index (χ2n) is 5.13. The SMILES string of the molecule is CCCc1nc(N)c2ncn(Cc3ccc(C)nc3)c2n1. The molecule has 6 nitrogen and oxygen atoms in total. The molecule has 0 saturated carbocycles. The molecule has 0 aliphatic rings. The molecular weight excluding hydrogens is 264 g/mol. The molecule has 0 aliphatic heterocycles. The van der Waals surface area contributed by atoms with Crippen molar-refractivity contribution in [2.75, 3.05) is 5.73 Å². The normalized spacial score (nSPS) is 11.1. The predicted molar refractivity (Wildman–Crippen MR) is 81.8 cm³/mol. The number of hydrogen-bond acceptors (Lipinski definition) is 5. The van der Waals surface area contributed by atoms with Crippen LogP contribution in [0, 0.1) is 6.92 Å². The molecule has 3 rings (SSSR count). The van der Waals surface area contributed by atoms with Crippen molar-refractivity contribution in [2.45, 2.75) is 33.2 Å². The number of nitrogen functional groups attached to an aromatic ring is 1. The van der Waals surface area contributed by atoms with Crippen LogP contribution in [0.3, 0.4) is 0 Å². The maximum absolute atomic E-state index is 5.97. The summed E-state index contributed by atoms with van der Waals surface area (Å²) in [7, 11) is 0. The smallest absolute Gasteiger partial charge is 0.166 e. The predicted octanol–water partition coefficient (Wildman–Crippen LogP) is 2.11. The van der Waals surface area contributed by atoms with Crippen molar-refractivity contribution in [3.63, 3.8) is 0 Å². The number of anilines is 1. The van der Waals surface area contributed by atoms with Crippen LogP contribution in [0.5, 0.6) is 0 Å². The van der Waals surface area contributed by atoms with Gasteiger partial charge < -0.3 is 10.3 Å². The molecule has 0 unspecified atom stereocenters. The molecule has 6 heteroatoms. The highest BCUT2D eigenvalue weighted by Gasteiger charge is 2.11. The Morgan fingerprint density at radius 2 is 2.05 bits per heavy atom. The van der Waals surface area contributed by atoms with E-state index in [1.54, 1.807) is 6.33 Å². The average Bonchev–Trinajstić information content (AvgIpc) is 2.86. The maximum Gasteiger partial charge on any atom is 0.166 e. The lowest BCUT2D eigenvalue weighted by Crippen LogP contribution is -2.05. The first-order chi connectivity index (χ1) is 10.2. The van der Waals surface area contributed by atoms with Gasteiger partial charge in [-0.1, -0.05) is 13.0 Å². The monoisotopic (exact) mass is 282 g/mol. The lowest BCUT2D eigenvalue weighted by molar-refractivity contribution is 0.791. The van der Waals surface area contributed by atoms with Gasteiger partial charge in [0, 0.05) is 18.3 Å². The van der Waals surface area contributed by atoms with E-state index >= 15 is 0 Å². The van der Waals surface area contributed by atoms with Crippen molar-refractivity contribution >= 4 is 17.0 Å². The van der Waals surface area contributed by atoms with Crippen molar-refractivity contribution < 1.29 is 0 Å². The molecule has 3 aromatic heterocycles. The highest BCUT2D eigenvalue weighted by Crippen LogP contribution is 2.18. The highest BCUT2D eigenvalue weighted by molar-refractivity contribution is 5.81. The third kappa shape index (κ3) is 2.69. The Labute approximate surface area is 123 Å². The van der Waals surface area contributed by atoms with Crippen LogP contribution in [-0.2, 0) is 13.0 Å². The summed E-state index contributed by atoms with van der Waals surface area (Å²) in [5.41, 5.74) is 9.53. The topological polar surface area (TPSA) is 82.5 Å². The summed E-state index contributed by atoms with van der Waals surface area (Å²) >= 11 is 0. The van der Waals surface area contributed by atoms with Gasteiger partial charge in [0.2, 0.25) is 0 Å². The zero-order valence-electron chi connectivity index (χ0n) is 12.2. The van der Waals surface area contributed by atoms with Crippen LogP contribution in [0.15, 0.2) is 24.7 Å². The molecule has 108 valence electrons. The summed E-state index contributed by atoms with van der Waals surface area (Å²) in [6, 6.07) is 4.06. The summed E-state index contributed by atoms with van der Waals surface area (Å²) < 4.78 is 1.98. The quantitative estimate of drug-likeness (QED) is 0.792. The lowest BCUT2D eigenvalue weighted by Gasteiger charge is -2.06. The molecule has 0 aromatic carbocycles. The van der Waals surface area contributed by atoms with E-state index in [4.69, 9.17) is 5.73 Å². The van der Waals surface area contributed by atoms with Gasteiger partial charge in [-0.15, -0.1) is 0 Å². The second kappa shape index (κ2) is 5.47. The molecular formula is C15H18N6. The van der Waals surface area contributed by atoms with Crippen molar-refractivity contribution in [3.05, 3.63) is 41.7 Å². The highest BCUT2D eigenvalue weighted by atomic mass is 15.1. The van der Waals surface area contributed by atoms with Crippen molar-refractivity contribution in [1.29, 1.82) is 0 Å². The molecule has 0 amide bonds. The Kier molecular flexibility index (Phi) is 3.51. The minimum atomic E-state index is 0.448. The summed E-state index contributed by atoms with van der Waals surface area (Å²) in [6.45, 7) is 4.74. The minimum absolute atomic E-state index is 0.448. The number of aromatic nitrogens is 5. The number of aryl methyl sites for hydroxylation is 2. The number of nitrogens with two attached hydrogens (primary N) is 1. The summed E-state index contributed by atoms with van der Waals surface area (Å²) in [5, 5.41) is 0. The van der Waals surface area contributed by atoms with E-state index in [0.717, 1.165) is 35.6 Å². The largest absolute Gasteiger partial charge is 0.382 e. The number of imidazole rings is 1. The summed E-state index contributed by atoms with van der Waals surface area (Å²) in [6.07, 6.45) is 5.43. The van der Waals surface area contributed by atoms with Gasteiger partial charge in [-0.2, -0.15) is 0 Å². The Hall–Kier alpha value is -2.50. The van der Waals surface area contributed by atoms with Gasteiger partial charge in [0.05, 0.1) is 12.9 Å². The van der Waals surface area contributed by atoms with E-state index < -0.39 is 0 Å². The zero-order chi connectivity index (χ0) is 14.8. The van der Waals surface area contributed by atoms with E-state index in [9.17, 15) is 0 Å². The fourth-order valence-electron chi connectivity index (χ4n) is 2.25. The molecule has 21 heavy (non-hydrogen) atoms. The van der Waals surface area contributed by atoms with Gasteiger partial charge in [0.15, 0.2) is 11.5 Å². The minimum Gasteiger partial charge on any atom is -0.382 e. The van der Waals surface area contributed by atoms with Crippen LogP contribution in [-0.4, -0.2) is 24.5 Å². The molecule has 0 atom stereocenters. The van der Waals surface area contributed by atoms with Crippen LogP contribution in [0.1, 0.15) is 30.4 Å². The lowest BCUT2D eigenvalue weighted by atomic mass is 10.2. The van der Waals surface area contributed by atoms with E-state index in [2.05, 4.69) is 32.9 Å². The Balaban J connectivity index is 2.00. The van der Waals surface area contributed by atoms with Crippen LogP contribution in [0.4, 0.5) is 5.82 Å². The van der Waals surface area contributed by atoms with Gasteiger partial charge in [0.1, 0.15) is 11.3 Å². The van der Waals surface area contributed by atoms with Crippen LogP contribution >= 0.6 is 0 Å². The van der Waals surface area contributed by atoms with Crippen LogP contribution in [0.25, 0.3) is 11.2 Å². The fraction of sp³-hybridized carbons (Fsp3) is 0.333. The number of pyridine rings is 1. The van der Waals surface area contributed by atoms with E-state index in [0.29, 0.717) is 17.9 Å². The Morgan fingerprint density at radius 3 is 2.76 bits per heavy atom. The molecule has 0 spiro atoms. The van der Waals surface area contributed by atoms with Gasteiger partial charge in [-0.25, -0.2) is 15.0 Å². The van der Waals surface area contributed by atoms with Crippen LogP contribution in [0.2, 0.25) is 0 Å². The number of nitrogens with zero attached hydrogens (tertiary/aromatic N) is 5. The first kappa shape index (κ1) is 13.5. The molecule has 0 radical (unpaired) electrons. The average molecular weight is 282 g/mol. The molecule has 0 bridgehead atoms. The van der Waals surface area contributed by atoms with E-state index in [-0.39, 0.29) is 0 Å². The van der Waals surface area contributed by atoms with Crippen molar-refractivity contribution in [1.82, 2.24) is 24.5 Å². The summed E-state index contributed by atoms with van der Waals surface area (Å²) in [5.74, 6) is 1.22.